The second-order valence-corrected chi connectivity index (χ2v) is 8.88. The molecule has 1 atom stereocenters. The summed E-state index contributed by atoms with van der Waals surface area (Å²) in [5.41, 5.74) is 1.59. The molecule has 6 nitrogen and oxygen atoms in total. The third-order valence-electron chi connectivity index (χ3n) is 5.66. The fourth-order valence-electron chi connectivity index (χ4n) is 3.80. The van der Waals surface area contributed by atoms with Gasteiger partial charge in [-0.05, 0) is 69.7 Å². The van der Waals surface area contributed by atoms with Crippen LogP contribution in [0.3, 0.4) is 0 Å². The fourth-order valence-corrected chi connectivity index (χ4v) is 3.98. The Labute approximate surface area is 201 Å². The molecule has 3 heterocycles. The van der Waals surface area contributed by atoms with E-state index in [1.54, 1.807) is 24.3 Å². The molecule has 0 aliphatic carbocycles. The average Bonchev–Trinajstić information content (AvgIpc) is 2.79. The average molecular weight is 483 g/mol. The zero-order valence-electron chi connectivity index (χ0n) is 19.3. The lowest BCUT2D eigenvalue weighted by atomic mass is 9.90. The molecular formula is C26H24ClFN2O4. The van der Waals surface area contributed by atoms with Gasteiger partial charge in [0.2, 0.25) is 5.88 Å². The lowest BCUT2D eigenvalue weighted by Gasteiger charge is -2.39. The minimum Gasteiger partial charge on any atom is -0.488 e. The molecule has 1 unspecified atom stereocenters. The molecule has 0 N–H and O–H groups in total. The van der Waals surface area contributed by atoms with E-state index in [0.717, 1.165) is 16.6 Å². The first-order valence-corrected chi connectivity index (χ1v) is 11.1. The van der Waals surface area contributed by atoms with Crippen LogP contribution in [0.25, 0.3) is 23.4 Å². The zero-order valence-corrected chi connectivity index (χ0v) is 20.0. The Morgan fingerprint density at radius 1 is 1.21 bits per heavy atom. The summed E-state index contributed by atoms with van der Waals surface area (Å²) in [6.45, 7) is 7.61. The Morgan fingerprint density at radius 2 is 2.00 bits per heavy atom. The molecule has 0 saturated heterocycles. The molecule has 0 amide bonds. The number of nitrogens with zero attached hydrogens (tertiary/aromatic N) is 2. The zero-order chi connectivity index (χ0) is 24.5. The van der Waals surface area contributed by atoms with Crippen molar-refractivity contribution < 1.29 is 18.3 Å². The largest absolute Gasteiger partial charge is 0.488 e. The van der Waals surface area contributed by atoms with E-state index in [2.05, 4.69) is 9.97 Å². The van der Waals surface area contributed by atoms with Crippen molar-refractivity contribution in [3.05, 3.63) is 86.0 Å². The number of halogens is 2. The van der Waals surface area contributed by atoms with Crippen LogP contribution in [-0.4, -0.2) is 21.7 Å². The molecule has 3 aromatic rings. The molecule has 0 spiro atoms. The summed E-state index contributed by atoms with van der Waals surface area (Å²) in [5, 5.41) is 0.789. The number of hydrogen-bond acceptors (Lipinski definition) is 6. The van der Waals surface area contributed by atoms with Gasteiger partial charge in [-0.1, -0.05) is 11.6 Å². The molecule has 0 fully saturated rings. The second kappa shape index (κ2) is 9.43. The maximum absolute atomic E-state index is 13.5. The molecule has 0 radical (unpaired) electrons. The number of aromatic nitrogens is 2. The minimum atomic E-state index is -0.630. The Kier molecular flexibility index (Phi) is 6.57. The summed E-state index contributed by atoms with van der Waals surface area (Å²) in [4.78, 5) is 20.1. The molecule has 0 bridgehead atoms. The number of ether oxygens (including phenoxy) is 2. The van der Waals surface area contributed by atoms with Crippen LogP contribution in [0.2, 0.25) is 5.02 Å². The molecule has 0 saturated carbocycles. The van der Waals surface area contributed by atoms with Crippen molar-refractivity contribution in [2.45, 2.75) is 45.8 Å². The van der Waals surface area contributed by atoms with E-state index >= 15 is 0 Å². The predicted octanol–water partition coefficient (Wildman–Crippen LogP) is 4.39. The maximum Gasteiger partial charge on any atom is 0.336 e. The van der Waals surface area contributed by atoms with Crippen molar-refractivity contribution in [3.63, 3.8) is 0 Å². The molecule has 176 valence electrons. The van der Waals surface area contributed by atoms with Crippen LogP contribution < -0.4 is 21.0 Å². The number of rotatable bonds is 4. The van der Waals surface area contributed by atoms with E-state index < -0.39 is 17.0 Å². The van der Waals surface area contributed by atoms with Crippen LogP contribution in [-0.2, 0) is 4.74 Å². The van der Waals surface area contributed by atoms with Gasteiger partial charge in [0.1, 0.15) is 29.3 Å². The highest BCUT2D eigenvalue weighted by Gasteiger charge is 2.38. The molecular weight excluding hydrogens is 459 g/mol. The van der Waals surface area contributed by atoms with Crippen LogP contribution in [0.1, 0.15) is 34.1 Å². The summed E-state index contributed by atoms with van der Waals surface area (Å²) < 4.78 is 31.3. The topological polar surface area (TPSA) is 74.5 Å². The minimum absolute atomic E-state index is 0.0154. The van der Waals surface area contributed by atoms with Gasteiger partial charge in [0, 0.05) is 29.3 Å². The van der Waals surface area contributed by atoms with Gasteiger partial charge in [-0.2, -0.15) is 0 Å². The number of hydrogen-bond donors (Lipinski definition) is 0. The summed E-state index contributed by atoms with van der Waals surface area (Å²) >= 11 is 5.92. The maximum atomic E-state index is 13.5. The summed E-state index contributed by atoms with van der Waals surface area (Å²) in [7, 11) is 0. The Bertz CT molecular complexity index is 1450. The molecule has 2 aromatic heterocycles. The van der Waals surface area contributed by atoms with Gasteiger partial charge in [0.05, 0.1) is 16.5 Å². The Hall–Kier alpha value is -3.45. The molecule has 8 heteroatoms. The lowest BCUT2D eigenvalue weighted by Crippen LogP contribution is -2.46. The van der Waals surface area contributed by atoms with Crippen molar-refractivity contribution in [3.8, 4) is 17.1 Å². The van der Waals surface area contributed by atoms with E-state index in [1.807, 2.05) is 33.8 Å². The van der Waals surface area contributed by atoms with Crippen LogP contribution in [0.15, 0.2) is 63.3 Å². The summed E-state index contributed by atoms with van der Waals surface area (Å²) in [6.07, 6.45) is 5.25. The van der Waals surface area contributed by atoms with Gasteiger partial charge < -0.3 is 13.9 Å². The fraction of sp³-hybridized carbons (Fsp3) is 0.269. The van der Waals surface area contributed by atoms with Crippen LogP contribution in [0.4, 0.5) is 4.39 Å². The van der Waals surface area contributed by atoms with Crippen molar-refractivity contribution >= 4 is 23.8 Å². The first-order chi connectivity index (χ1) is 16.2. The van der Waals surface area contributed by atoms with E-state index in [4.69, 9.17) is 25.5 Å². The van der Waals surface area contributed by atoms with Gasteiger partial charge >= 0.3 is 5.63 Å². The first-order valence-electron chi connectivity index (χ1n) is 10.8. The predicted molar refractivity (Wildman–Crippen MR) is 128 cm³/mol. The van der Waals surface area contributed by atoms with Crippen molar-refractivity contribution in [1.29, 1.82) is 0 Å². The number of allylic oxidation sites excluding steroid dienone is 1. The third kappa shape index (κ3) is 5.04. The van der Waals surface area contributed by atoms with Gasteiger partial charge in [0.25, 0.3) is 0 Å². The quantitative estimate of drug-likeness (QED) is 0.549. The van der Waals surface area contributed by atoms with Crippen LogP contribution in [0, 0.1) is 5.82 Å². The summed E-state index contributed by atoms with van der Waals surface area (Å²) in [6, 6.07) is 9.20. The molecule has 1 aliphatic heterocycles. The molecule has 4 rings (SSSR count). The molecule has 1 aliphatic rings. The van der Waals surface area contributed by atoms with Gasteiger partial charge in [-0.15, -0.1) is 0 Å². The third-order valence-corrected chi connectivity index (χ3v) is 5.95. The van der Waals surface area contributed by atoms with Gasteiger partial charge in [-0.3, -0.25) is 0 Å². The van der Waals surface area contributed by atoms with Crippen LogP contribution >= 0.6 is 11.6 Å². The van der Waals surface area contributed by atoms with Crippen molar-refractivity contribution in [2.24, 2.45) is 0 Å². The van der Waals surface area contributed by atoms with Gasteiger partial charge in [0.15, 0.2) is 0 Å². The molecule has 1 aromatic carbocycles. The van der Waals surface area contributed by atoms with E-state index in [0.29, 0.717) is 29.0 Å². The smallest absolute Gasteiger partial charge is 0.336 e. The highest BCUT2D eigenvalue weighted by Crippen LogP contribution is 2.35. The van der Waals surface area contributed by atoms with E-state index in [-0.39, 0.29) is 11.1 Å². The van der Waals surface area contributed by atoms with Gasteiger partial charge in [-0.25, -0.2) is 19.2 Å². The lowest BCUT2D eigenvalue weighted by molar-refractivity contribution is -0.0708. The molecule has 34 heavy (non-hydrogen) atoms. The first kappa shape index (κ1) is 23.7. The van der Waals surface area contributed by atoms with E-state index in [1.165, 1.54) is 24.5 Å². The normalized spacial score (nSPS) is 18.7. The Morgan fingerprint density at radius 3 is 2.74 bits per heavy atom. The number of benzene rings is 1. The SMILES string of the molecule is C/C=c1/oc(=O)cc/c1=C/C1=C(C)OC(C)(C)C(Oc2cc(-c3ccc(F)c(Cl)c3)ncn2)C1. The highest BCUT2D eigenvalue weighted by molar-refractivity contribution is 6.31. The standard InChI is InChI=1S/C26H24ClFN2O4/c1-5-22-17(7-9-25(31)32-22)10-18-12-23(26(3,4)34-15(18)2)33-24-13-21(29-14-30-24)16-6-8-20(28)19(27)11-16/h5-11,13-14,23H,12H2,1-4H3/b17-10-,22-5+. The van der Waals surface area contributed by atoms with Crippen molar-refractivity contribution in [2.75, 3.05) is 0 Å². The van der Waals surface area contributed by atoms with E-state index in [9.17, 15) is 9.18 Å². The van der Waals surface area contributed by atoms with Crippen LogP contribution in [0.5, 0.6) is 5.88 Å². The summed E-state index contributed by atoms with van der Waals surface area (Å²) in [5.74, 6) is 0.631. The highest BCUT2D eigenvalue weighted by atomic mass is 35.5. The second-order valence-electron chi connectivity index (χ2n) is 8.47. The monoisotopic (exact) mass is 482 g/mol. The Balaban J connectivity index is 1.65. The van der Waals surface area contributed by atoms with Crippen molar-refractivity contribution in [1.82, 2.24) is 9.97 Å².